The van der Waals surface area contributed by atoms with E-state index >= 15 is 0 Å². The van der Waals surface area contributed by atoms with Crippen molar-refractivity contribution < 1.29 is 44.3 Å². The number of aromatic amines is 2. The SMILES string of the molecule is CCOC(=O)c1cc2c(C=O)c(O)ccc2[nH]1.CO.O=Cc1c(O)ccc2[nH]c(C(=O)O)cc12. The lowest BCUT2D eigenvalue weighted by atomic mass is 10.1. The fourth-order valence-electron chi connectivity index (χ4n) is 3.11. The number of benzene rings is 2. The van der Waals surface area contributed by atoms with Crippen molar-refractivity contribution in [3.63, 3.8) is 0 Å². The zero-order valence-corrected chi connectivity index (χ0v) is 18.2. The van der Waals surface area contributed by atoms with Gasteiger partial charge in [0, 0.05) is 28.9 Å². The number of carboxylic acids is 1. The molecule has 178 valence electrons. The summed E-state index contributed by atoms with van der Waals surface area (Å²) < 4.78 is 4.84. The van der Waals surface area contributed by atoms with Gasteiger partial charge in [0.05, 0.1) is 17.7 Å². The summed E-state index contributed by atoms with van der Waals surface area (Å²) in [6.07, 6.45) is 1.05. The first kappa shape index (κ1) is 25.6. The molecule has 2 heterocycles. The van der Waals surface area contributed by atoms with Crippen molar-refractivity contribution in [2.75, 3.05) is 13.7 Å². The van der Waals surface area contributed by atoms with Crippen molar-refractivity contribution in [1.29, 1.82) is 0 Å². The molecule has 4 rings (SSSR count). The number of H-pyrrole nitrogens is 2. The Hall–Kier alpha value is -4.64. The topological polar surface area (TPSA) is 190 Å². The number of rotatable bonds is 5. The van der Waals surface area contributed by atoms with Crippen LogP contribution in [0.3, 0.4) is 0 Å². The number of hydrogen-bond acceptors (Lipinski definition) is 8. The molecule has 2 aromatic heterocycles. The van der Waals surface area contributed by atoms with Gasteiger partial charge in [-0.2, -0.15) is 0 Å². The van der Waals surface area contributed by atoms with Crippen molar-refractivity contribution in [3.8, 4) is 11.5 Å². The van der Waals surface area contributed by atoms with Crippen LogP contribution in [-0.4, -0.2) is 68.6 Å². The Balaban J connectivity index is 0.000000225. The lowest BCUT2D eigenvalue weighted by Crippen LogP contribution is -2.04. The molecule has 0 fully saturated rings. The molecule has 0 aliphatic carbocycles. The molecule has 0 saturated heterocycles. The van der Waals surface area contributed by atoms with E-state index in [4.69, 9.17) is 14.9 Å². The van der Waals surface area contributed by atoms with Gasteiger partial charge in [0.2, 0.25) is 0 Å². The van der Waals surface area contributed by atoms with Crippen molar-refractivity contribution in [2.24, 2.45) is 0 Å². The Bertz CT molecular complexity index is 1350. The van der Waals surface area contributed by atoms with Gasteiger partial charge >= 0.3 is 11.9 Å². The summed E-state index contributed by atoms with van der Waals surface area (Å²) in [6, 6.07) is 8.67. The molecule has 0 bridgehead atoms. The smallest absolute Gasteiger partial charge is 0.354 e. The number of aromatic carboxylic acids is 1. The fraction of sp³-hybridized carbons (Fsp3) is 0.130. The molecule has 0 unspecified atom stereocenters. The van der Waals surface area contributed by atoms with Gasteiger partial charge in [0.25, 0.3) is 0 Å². The maximum absolute atomic E-state index is 11.5. The van der Waals surface area contributed by atoms with E-state index < -0.39 is 11.9 Å². The van der Waals surface area contributed by atoms with Crippen molar-refractivity contribution in [1.82, 2.24) is 9.97 Å². The van der Waals surface area contributed by atoms with Gasteiger partial charge in [0.1, 0.15) is 22.9 Å². The van der Waals surface area contributed by atoms with E-state index in [0.29, 0.717) is 34.4 Å². The second-order valence-corrected chi connectivity index (χ2v) is 6.55. The maximum atomic E-state index is 11.5. The molecule has 2 aromatic carbocycles. The first-order valence-corrected chi connectivity index (χ1v) is 9.75. The summed E-state index contributed by atoms with van der Waals surface area (Å²) in [5.41, 5.74) is 1.61. The van der Waals surface area contributed by atoms with Crippen molar-refractivity contribution in [3.05, 3.63) is 58.9 Å². The summed E-state index contributed by atoms with van der Waals surface area (Å²) in [4.78, 5) is 49.2. The number of fused-ring (bicyclic) bond motifs is 2. The highest BCUT2D eigenvalue weighted by Crippen LogP contribution is 2.27. The van der Waals surface area contributed by atoms with Crippen LogP contribution >= 0.6 is 0 Å². The first-order chi connectivity index (χ1) is 16.3. The normalized spacial score (nSPS) is 9.97. The third-order valence-electron chi connectivity index (χ3n) is 4.61. The molecule has 0 saturated carbocycles. The van der Waals surface area contributed by atoms with Crippen LogP contribution in [-0.2, 0) is 4.74 Å². The maximum Gasteiger partial charge on any atom is 0.354 e. The highest BCUT2D eigenvalue weighted by Gasteiger charge is 2.14. The minimum atomic E-state index is -1.11. The second-order valence-electron chi connectivity index (χ2n) is 6.55. The molecule has 34 heavy (non-hydrogen) atoms. The number of phenols is 2. The van der Waals surface area contributed by atoms with Crippen LogP contribution in [0.5, 0.6) is 11.5 Å². The van der Waals surface area contributed by atoms with E-state index in [1.54, 1.807) is 13.0 Å². The van der Waals surface area contributed by atoms with Crippen LogP contribution in [0.1, 0.15) is 48.6 Å². The van der Waals surface area contributed by atoms with Gasteiger partial charge in [-0.1, -0.05) is 0 Å². The van der Waals surface area contributed by atoms with E-state index in [1.807, 2.05) is 0 Å². The predicted octanol–water partition coefficient (Wildman–Crippen LogP) is 2.86. The number of aldehydes is 2. The average Bonchev–Trinajstić information content (AvgIpc) is 3.46. The lowest BCUT2D eigenvalue weighted by Gasteiger charge is -1.97. The van der Waals surface area contributed by atoms with Crippen LogP contribution < -0.4 is 0 Å². The summed E-state index contributed by atoms with van der Waals surface area (Å²) in [5, 5.41) is 35.5. The van der Waals surface area contributed by atoms with Crippen LogP contribution in [0, 0.1) is 0 Å². The number of aromatic hydroxyl groups is 2. The minimum absolute atomic E-state index is 0.0151. The summed E-state index contributed by atoms with van der Waals surface area (Å²) in [6.45, 7) is 1.99. The average molecular weight is 470 g/mol. The van der Waals surface area contributed by atoms with E-state index in [1.165, 1.54) is 30.3 Å². The molecule has 0 aliphatic heterocycles. The van der Waals surface area contributed by atoms with Crippen molar-refractivity contribution in [2.45, 2.75) is 6.92 Å². The van der Waals surface area contributed by atoms with Crippen LogP contribution in [0.4, 0.5) is 0 Å². The van der Waals surface area contributed by atoms with Gasteiger partial charge in [-0.05, 0) is 43.3 Å². The number of hydrogen-bond donors (Lipinski definition) is 6. The van der Waals surface area contributed by atoms with Gasteiger partial charge in [-0.25, -0.2) is 9.59 Å². The van der Waals surface area contributed by atoms with E-state index in [0.717, 1.165) is 7.11 Å². The molecule has 0 aliphatic rings. The zero-order valence-electron chi connectivity index (χ0n) is 18.2. The Morgan fingerprint density at radius 3 is 1.71 bits per heavy atom. The standard InChI is InChI=1S/C12H11NO4.C10H7NO4.CH4O/c1-2-17-12(16)10-5-7-8(6-14)11(15)4-3-9(7)13-10;12-4-6-5-3-8(10(14)15)11-7(5)1-2-9(6)13;1-2/h3-6,13,15H,2H2,1H3;1-4,11,13H,(H,14,15);2H,1H3. The van der Waals surface area contributed by atoms with Crippen LogP contribution in [0.15, 0.2) is 36.4 Å². The number of ether oxygens (including phenoxy) is 1. The van der Waals surface area contributed by atoms with Gasteiger partial charge in [0.15, 0.2) is 12.6 Å². The monoisotopic (exact) mass is 470 g/mol. The van der Waals surface area contributed by atoms with E-state index in [9.17, 15) is 29.4 Å². The van der Waals surface area contributed by atoms with Gasteiger partial charge in [-0.15, -0.1) is 0 Å². The molecule has 0 amide bonds. The molecule has 6 N–H and O–H groups in total. The number of phenolic OH excluding ortho intramolecular Hbond substituents is 2. The number of esters is 1. The Morgan fingerprint density at radius 2 is 1.29 bits per heavy atom. The molecule has 4 aromatic rings. The molecular weight excluding hydrogens is 448 g/mol. The molecule has 11 nitrogen and oxygen atoms in total. The van der Waals surface area contributed by atoms with Crippen LogP contribution in [0.25, 0.3) is 21.8 Å². The van der Waals surface area contributed by atoms with E-state index in [-0.39, 0.29) is 40.6 Å². The highest BCUT2D eigenvalue weighted by atomic mass is 16.5. The lowest BCUT2D eigenvalue weighted by molar-refractivity contribution is 0.0519. The summed E-state index contributed by atoms with van der Waals surface area (Å²) >= 11 is 0. The second kappa shape index (κ2) is 11.3. The molecule has 0 radical (unpaired) electrons. The Kier molecular flexibility index (Phi) is 8.51. The first-order valence-electron chi connectivity index (χ1n) is 9.75. The number of carboxylic acid groups (broad SMARTS) is 1. The molecule has 0 atom stereocenters. The Morgan fingerprint density at radius 1 is 0.853 bits per heavy atom. The van der Waals surface area contributed by atoms with Gasteiger partial charge < -0.3 is 35.1 Å². The Labute approximate surface area is 192 Å². The van der Waals surface area contributed by atoms with Crippen LogP contribution in [0.2, 0.25) is 0 Å². The largest absolute Gasteiger partial charge is 0.507 e. The number of aromatic nitrogens is 2. The number of aliphatic hydroxyl groups excluding tert-OH is 1. The number of aliphatic hydroxyl groups is 1. The number of nitrogens with one attached hydrogen (secondary N) is 2. The minimum Gasteiger partial charge on any atom is -0.507 e. The summed E-state index contributed by atoms with van der Waals surface area (Å²) in [5.74, 6) is -1.86. The third kappa shape index (κ3) is 5.22. The molecule has 11 heteroatoms. The van der Waals surface area contributed by atoms with Gasteiger partial charge in [-0.3, -0.25) is 9.59 Å². The highest BCUT2D eigenvalue weighted by molar-refractivity contribution is 6.04. The third-order valence-corrected chi connectivity index (χ3v) is 4.61. The zero-order chi connectivity index (χ0) is 25.4. The van der Waals surface area contributed by atoms with E-state index in [2.05, 4.69) is 9.97 Å². The number of carbonyl (C=O) groups is 4. The quantitative estimate of drug-likeness (QED) is 0.188. The van der Waals surface area contributed by atoms with Crippen molar-refractivity contribution >= 4 is 46.3 Å². The number of carbonyl (C=O) groups excluding carboxylic acids is 3. The molecule has 0 spiro atoms. The summed E-state index contributed by atoms with van der Waals surface area (Å²) in [7, 11) is 1.00. The molecular formula is C23H22N2O9. The fourth-order valence-corrected chi connectivity index (χ4v) is 3.11. The predicted molar refractivity (Wildman–Crippen MR) is 122 cm³/mol.